The van der Waals surface area contributed by atoms with Crippen molar-refractivity contribution < 1.29 is 23.1 Å². The van der Waals surface area contributed by atoms with E-state index in [1.165, 1.54) is 31.5 Å². The highest BCUT2D eigenvalue weighted by Gasteiger charge is 2.27. The molecule has 0 atom stereocenters. The molecule has 1 amide bonds. The van der Waals surface area contributed by atoms with Crippen LogP contribution in [-0.2, 0) is 21.4 Å². The van der Waals surface area contributed by atoms with Crippen molar-refractivity contribution in [2.75, 3.05) is 13.7 Å². The minimum atomic E-state index is -4.06. The molecule has 3 aromatic rings. The van der Waals surface area contributed by atoms with Gasteiger partial charge in [-0.15, -0.1) is 0 Å². The van der Waals surface area contributed by atoms with Crippen molar-refractivity contribution in [3.63, 3.8) is 0 Å². The molecule has 0 aliphatic heterocycles. The Morgan fingerprint density at radius 3 is 2.51 bits per heavy atom. The van der Waals surface area contributed by atoms with Crippen LogP contribution in [-0.4, -0.2) is 43.6 Å². The second kappa shape index (κ2) is 11.9. The SMILES string of the molecule is COc1cccc(/C=N/NC(=O)CN(Cc2ccc(Cl)c(Cl)c2)S(=O)(=O)c2ccc(Br)cc2)c1O. The lowest BCUT2D eigenvalue weighted by molar-refractivity contribution is -0.121. The molecule has 0 radical (unpaired) electrons. The number of amides is 1. The van der Waals surface area contributed by atoms with Crippen molar-refractivity contribution in [3.8, 4) is 11.5 Å². The number of methoxy groups -OCH3 is 1. The Labute approximate surface area is 221 Å². The van der Waals surface area contributed by atoms with Crippen molar-refractivity contribution in [1.29, 1.82) is 0 Å². The van der Waals surface area contributed by atoms with Crippen LogP contribution >= 0.6 is 39.1 Å². The van der Waals surface area contributed by atoms with Gasteiger partial charge in [0.2, 0.25) is 10.0 Å². The quantitative estimate of drug-likeness (QED) is 0.271. The Bertz CT molecular complexity index is 1350. The van der Waals surface area contributed by atoms with E-state index in [1.807, 2.05) is 0 Å². The Balaban J connectivity index is 1.82. The number of phenols is 1. The van der Waals surface area contributed by atoms with E-state index in [0.717, 1.165) is 4.31 Å². The fraction of sp³-hybridized carbons (Fsp3) is 0.130. The number of aromatic hydroxyl groups is 1. The smallest absolute Gasteiger partial charge is 0.255 e. The molecular weight excluding hydrogens is 581 g/mol. The molecule has 0 aliphatic carbocycles. The van der Waals surface area contributed by atoms with E-state index in [9.17, 15) is 18.3 Å². The Morgan fingerprint density at radius 1 is 1.14 bits per heavy atom. The van der Waals surface area contributed by atoms with Crippen LogP contribution in [0.4, 0.5) is 0 Å². The zero-order valence-corrected chi connectivity index (χ0v) is 22.2. The van der Waals surface area contributed by atoms with E-state index in [1.54, 1.807) is 42.5 Å². The molecule has 35 heavy (non-hydrogen) atoms. The number of hydrogen-bond donors (Lipinski definition) is 2. The Kier molecular flexibility index (Phi) is 9.15. The summed E-state index contributed by atoms with van der Waals surface area (Å²) in [6.07, 6.45) is 1.22. The lowest BCUT2D eigenvalue weighted by Gasteiger charge is -2.22. The van der Waals surface area contributed by atoms with Crippen molar-refractivity contribution >= 4 is 61.3 Å². The van der Waals surface area contributed by atoms with Gasteiger partial charge in [-0.3, -0.25) is 4.79 Å². The number of para-hydroxylation sites is 1. The molecule has 8 nitrogen and oxygen atoms in total. The first-order valence-corrected chi connectivity index (χ1v) is 13.0. The van der Waals surface area contributed by atoms with Gasteiger partial charge in [-0.05, 0) is 54.1 Å². The number of ether oxygens (including phenoxy) is 1. The topological polar surface area (TPSA) is 108 Å². The van der Waals surface area contributed by atoms with E-state index in [4.69, 9.17) is 27.9 Å². The highest BCUT2D eigenvalue weighted by Crippen LogP contribution is 2.28. The van der Waals surface area contributed by atoms with E-state index in [0.29, 0.717) is 20.6 Å². The summed E-state index contributed by atoms with van der Waals surface area (Å²) in [5, 5.41) is 14.5. The summed E-state index contributed by atoms with van der Waals surface area (Å²) < 4.78 is 33.4. The fourth-order valence-corrected chi connectivity index (χ4v) is 4.97. The molecule has 0 aliphatic rings. The summed E-state index contributed by atoms with van der Waals surface area (Å²) in [5.41, 5.74) is 3.13. The first-order chi connectivity index (χ1) is 16.6. The van der Waals surface area contributed by atoms with Gasteiger partial charge >= 0.3 is 0 Å². The summed E-state index contributed by atoms with van der Waals surface area (Å²) in [5.74, 6) is -0.592. The van der Waals surface area contributed by atoms with E-state index in [2.05, 4.69) is 26.5 Å². The van der Waals surface area contributed by atoms with Crippen molar-refractivity contribution in [3.05, 3.63) is 86.3 Å². The van der Waals surface area contributed by atoms with Crippen LogP contribution in [0.1, 0.15) is 11.1 Å². The summed E-state index contributed by atoms with van der Waals surface area (Å²) in [7, 11) is -2.65. The number of nitrogens with zero attached hydrogens (tertiary/aromatic N) is 2. The predicted molar refractivity (Wildman–Crippen MR) is 139 cm³/mol. The van der Waals surface area contributed by atoms with Gasteiger partial charge in [0.05, 0.1) is 34.8 Å². The number of sulfonamides is 1. The molecule has 2 N–H and O–H groups in total. The molecule has 0 unspecified atom stereocenters. The van der Waals surface area contributed by atoms with Gasteiger partial charge in [0.15, 0.2) is 11.5 Å². The van der Waals surface area contributed by atoms with Crippen LogP contribution in [0.5, 0.6) is 11.5 Å². The van der Waals surface area contributed by atoms with Crippen LogP contribution in [0.2, 0.25) is 10.0 Å². The van der Waals surface area contributed by atoms with Crippen LogP contribution in [0.3, 0.4) is 0 Å². The number of hydrazone groups is 1. The Morgan fingerprint density at radius 2 is 1.86 bits per heavy atom. The van der Waals surface area contributed by atoms with Crippen molar-refractivity contribution in [1.82, 2.24) is 9.73 Å². The molecule has 0 fully saturated rings. The van der Waals surface area contributed by atoms with Crippen LogP contribution < -0.4 is 10.2 Å². The van der Waals surface area contributed by atoms with Crippen LogP contribution in [0, 0.1) is 0 Å². The zero-order chi connectivity index (χ0) is 25.6. The first-order valence-electron chi connectivity index (χ1n) is 9.99. The average Bonchev–Trinajstić information content (AvgIpc) is 2.82. The van der Waals surface area contributed by atoms with Crippen LogP contribution in [0.15, 0.2) is 75.1 Å². The molecule has 0 saturated heterocycles. The normalized spacial score (nSPS) is 11.7. The molecule has 0 bridgehead atoms. The van der Waals surface area contributed by atoms with Gasteiger partial charge < -0.3 is 9.84 Å². The molecule has 3 aromatic carbocycles. The highest BCUT2D eigenvalue weighted by atomic mass is 79.9. The molecule has 0 spiro atoms. The van der Waals surface area contributed by atoms with Gasteiger partial charge in [-0.1, -0.05) is 51.3 Å². The van der Waals surface area contributed by atoms with E-state index in [-0.39, 0.29) is 28.0 Å². The summed E-state index contributed by atoms with van der Waals surface area (Å²) >= 11 is 15.3. The fourth-order valence-electron chi connectivity index (χ4n) is 3.00. The monoisotopic (exact) mass is 599 g/mol. The lowest BCUT2D eigenvalue weighted by atomic mass is 10.2. The van der Waals surface area contributed by atoms with Crippen molar-refractivity contribution in [2.24, 2.45) is 5.10 Å². The highest BCUT2D eigenvalue weighted by molar-refractivity contribution is 9.10. The minimum absolute atomic E-state index is 0.0124. The summed E-state index contributed by atoms with van der Waals surface area (Å²) in [6, 6.07) is 15.5. The summed E-state index contributed by atoms with van der Waals surface area (Å²) in [6.45, 7) is -0.664. The number of benzene rings is 3. The van der Waals surface area contributed by atoms with Gasteiger partial charge in [-0.25, -0.2) is 13.8 Å². The maximum atomic E-state index is 13.3. The van der Waals surface area contributed by atoms with Crippen molar-refractivity contribution in [2.45, 2.75) is 11.4 Å². The molecule has 3 rings (SSSR count). The number of halogens is 3. The predicted octanol–water partition coefficient (Wildman–Crippen LogP) is 4.81. The number of nitrogens with one attached hydrogen (secondary N) is 1. The molecule has 0 aromatic heterocycles. The summed E-state index contributed by atoms with van der Waals surface area (Å²) in [4.78, 5) is 12.6. The third-order valence-corrected chi connectivity index (χ3v) is 7.83. The van der Waals surface area contributed by atoms with Gasteiger partial charge in [0, 0.05) is 16.6 Å². The second-order valence-electron chi connectivity index (χ2n) is 7.17. The third-order valence-electron chi connectivity index (χ3n) is 4.76. The standard InChI is InChI=1S/C23H20BrCl2N3O5S/c1-34-21-4-2-3-16(23(21)31)12-27-28-22(30)14-29(13-15-5-10-19(25)20(26)11-15)35(32,33)18-8-6-17(24)7-9-18/h2-12,31H,13-14H2,1H3,(H,28,30)/b27-12+. The molecule has 184 valence electrons. The second-order valence-corrected chi connectivity index (χ2v) is 10.8. The number of rotatable bonds is 9. The van der Waals surface area contributed by atoms with Gasteiger partial charge in [-0.2, -0.15) is 9.41 Å². The van der Waals surface area contributed by atoms with E-state index >= 15 is 0 Å². The molecule has 0 saturated carbocycles. The maximum absolute atomic E-state index is 13.3. The lowest BCUT2D eigenvalue weighted by Crippen LogP contribution is -2.39. The number of phenolic OH excluding ortho intramolecular Hbond substituents is 1. The Hall–Kier alpha value is -2.63. The molecule has 12 heteroatoms. The third kappa shape index (κ3) is 6.96. The first kappa shape index (κ1) is 27.0. The van der Waals surface area contributed by atoms with Gasteiger partial charge in [0.1, 0.15) is 0 Å². The number of hydrogen-bond acceptors (Lipinski definition) is 6. The molecular formula is C23H20BrCl2N3O5S. The molecule has 0 heterocycles. The number of carbonyl (C=O) groups is 1. The average molecular weight is 601 g/mol. The largest absolute Gasteiger partial charge is 0.504 e. The minimum Gasteiger partial charge on any atom is -0.504 e. The van der Waals surface area contributed by atoms with Gasteiger partial charge in [0.25, 0.3) is 5.91 Å². The maximum Gasteiger partial charge on any atom is 0.255 e. The zero-order valence-electron chi connectivity index (χ0n) is 18.3. The van der Waals surface area contributed by atoms with E-state index < -0.39 is 22.5 Å². The van der Waals surface area contributed by atoms with Crippen LogP contribution in [0.25, 0.3) is 0 Å². The number of carbonyl (C=O) groups excluding carboxylic acids is 1.